The molecule has 2 aromatic carbocycles. The van der Waals surface area contributed by atoms with Crippen molar-refractivity contribution < 1.29 is 9.15 Å². The molecule has 176 valence electrons. The van der Waals surface area contributed by atoms with Gasteiger partial charge in [0.2, 0.25) is 5.89 Å². The van der Waals surface area contributed by atoms with Crippen molar-refractivity contribution in [3.63, 3.8) is 0 Å². The molecule has 1 fully saturated rings. The molecule has 0 radical (unpaired) electrons. The second kappa shape index (κ2) is 11.7. The lowest BCUT2D eigenvalue weighted by atomic mass is 9.72. The highest BCUT2D eigenvalue weighted by Crippen LogP contribution is 2.36. The largest absolute Gasteiger partial charge is 0.444 e. The fourth-order valence-electron chi connectivity index (χ4n) is 4.34. The van der Waals surface area contributed by atoms with Gasteiger partial charge in [0.15, 0.2) is 5.96 Å². The maximum absolute atomic E-state index is 5.68. The van der Waals surface area contributed by atoms with Crippen LogP contribution in [0.15, 0.2) is 64.2 Å². The van der Waals surface area contributed by atoms with Gasteiger partial charge in [0.05, 0.1) is 12.2 Å². The molecule has 4 rings (SSSR count). The lowest BCUT2D eigenvalue weighted by Crippen LogP contribution is -2.48. The van der Waals surface area contributed by atoms with E-state index in [1.54, 1.807) is 13.3 Å². The first-order valence-electron chi connectivity index (χ1n) is 11.2. The quantitative estimate of drug-likeness (QED) is 0.253. The predicted molar refractivity (Wildman–Crippen MR) is 143 cm³/mol. The highest BCUT2D eigenvalue weighted by atomic mass is 127. The molecule has 2 N–H and O–H groups in total. The summed E-state index contributed by atoms with van der Waals surface area (Å²) in [6.45, 7) is 7.15. The van der Waals surface area contributed by atoms with Gasteiger partial charge in [-0.3, -0.25) is 4.99 Å². The van der Waals surface area contributed by atoms with Crippen molar-refractivity contribution >= 4 is 29.9 Å². The maximum Gasteiger partial charge on any atom is 0.226 e. The van der Waals surface area contributed by atoms with E-state index in [4.69, 9.17) is 9.15 Å². The van der Waals surface area contributed by atoms with Crippen molar-refractivity contribution in [2.45, 2.75) is 38.6 Å². The second-order valence-electron chi connectivity index (χ2n) is 8.50. The third-order valence-corrected chi connectivity index (χ3v) is 6.27. The molecule has 0 atom stereocenters. The molecule has 0 unspecified atom stereocenters. The minimum absolute atomic E-state index is 0. The average Bonchev–Trinajstić information content (AvgIpc) is 3.29. The zero-order chi connectivity index (χ0) is 22.4. The molecule has 1 aromatic heterocycles. The highest BCUT2D eigenvalue weighted by molar-refractivity contribution is 14.0. The van der Waals surface area contributed by atoms with Crippen LogP contribution in [0.5, 0.6) is 0 Å². The third kappa shape index (κ3) is 6.14. The van der Waals surface area contributed by atoms with E-state index in [0.717, 1.165) is 49.8 Å². The van der Waals surface area contributed by atoms with Gasteiger partial charge in [-0.1, -0.05) is 42.0 Å². The van der Waals surface area contributed by atoms with Crippen molar-refractivity contribution in [3.8, 4) is 11.5 Å². The number of aliphatic imine (C=N–C) groups is 1. The van der Waals surface area contributed by atoms with Gasteiger partial charge in [-0.25, -0.2) is 4.98 Å². The fraction of sp³-hybridized carbons (Fsp3) is 0.385. The summed E-state index contributed by atoms with van der Waals surface area (Å²) in [4.78, 5) is 9.02. The van der Waals surface area contributed by atoms with Gasteiger partial charge in [0.25, 0.3) is 0 Å². The number of benzene rings is 2. The zero-order valence-electron chi connectivity index (χ0n) is 19.6. The van der Waals surface area contributed by atoms with Crippen molar-refractivity contribution in [1.82, 2.24) is 15.6 Å². The number of rotatable bonds is 6. The molecule has 1 aliphatic heterocycles. The SMILES string of the molecule is CN=C(NCc1coc(-c2ccc(C)cc2)n1)NCC1(c2ccccc2C)CCOCC1.I. The molecule has 7 heteroatoms. The number of hydrogen-bond acceptors (Lipinski definition) is 4. The predicted octanol–water partition coefficient (Wildman–Crippen LogP) is 4.99. The van der Waals surface area contributed by atoms with Crippen LogP contribution in [-0.2, 0) is 16.7 Å². The number of hydrogen-bond donors (Lipinski definition) is 2. The van der Waals surface area contributed by atoms with Crippen molar-refractivity contribution in [3.05, 3.63) is 77.2 Å². The monoisotopic (exact) mass is 560 g/mol. The van der Waals surface area contributed by atoms with Gasteiger partial charge in [-0.15, -0.1) is 24.0 Å². The molecule has 6 nitrogen and oxygen atoms in total. The number of nitrogens with one attached hydrogen (secondary N) is 2. The van der Waals surface area contributed by atoms with Crippen LogP contribution in [0, 0.1) is 13.8 Å². The van der Waals surface area contributed by atoms with Crippen LogP contribution in [0.25, 0.3) is 11.5 Å². The van der Waals surface area contributed by atoms with E-state index in [9.17, 15) is 0 Å². The summed E-state index contributed by atoms with van der Waals surface area (Å²) < 4.78 is 11.4. The Bertz CT molecular complexity index is 1060. The van der Waals surface area contributed by atoms with Crippen molar-refractivity contribution in [1.29, 1.82) is 0 Å². The van der Waals surface area contributed by atoms with Gasteiger partial charge in [-0.05, 0) is 49.9 Å². The molecular formula is C26H33IN4O2. The summed E-state index contributed by atoms with van der Waals surface area (Å²) in [5, 5.41) is 6.91. The number of ether oxygens (including phenoxy) is 1. The average molecular weight is 560 g/mol. The Morgan fingerprint density at radius 3 is 2.45 bits per heavy atom. The van der Waals surface area contributed by atoms with E-state index in [1.165, 1.54) is 16.7 Å². The first-order valence-corrected chi connectivity index (χ1v) is 11.2. The molecule has 2 heterocycles. The molecule has 3 aromatic rings. The molecule has 0 bridgehead atoms. The van der Waals surface area contributed by atoms with Crippen LogP contribution in [0.4, 0.5) is 0 Å². The molecule has 0 saturated carbocycles. The molecule has 1 saturated heterocycles. The topological polar surface area (TPSA) is 71.7 Å². The van der Waals surface area contributed by atoms with Crippen LogP contribution < -0.4 is 10.6 Å². The summed E-state index contributed by atoms with van der Waals surface area (Å²) in [6, 6.07) is 16.8. The van der Waals surface area contributed by atoms with Crippen molar-refractivity contribution in [2.24, 2.45) is 4.99 Å². The number of aryl methyl sites for hydroxylation is 2. The second-order valence-corrected chi connectivity index (χ2v) is 8.50. The number of aromatic nitrogens is 1. The van der Waals surface area contributed by atoms with Gasteiger partial charge in [0.1, 0.15) is 6.26 Å². The molecule has 0 aliphatic carbocycles. The van der Waals surface area contributed by atoms with E-state index in [1.807, 2.05) is 12.1 Å². The molecule has 1 aliphatic rings. The Kier molecular flexibility index (Phi) is 8.91. The minimum Gasteiger partial charge on any atom is -0.444 e. The molecule has 0 spiro atoms. The Morgan fingerprint density at radius 1 is 1.03 bits per heavy atom. The molecule has 33 heavy (non-hydrogen) atoms. The van der Waals surface area contributed by atoms with E-state index in [0.29, 0.717) is 12.4 Å². The summed E-state index contributed by atoms with van der Waals surface area (Å²) >= 11 is 0. The first kappa shape index (κ1) is 25.2. The lowest BCUT2D eigenvalue weighted by Gasteiger charge is -2.39. The Hall–Kier alpha value is -2.39. The standard InChI is InChI=1S/C26H32N4O2.HI/c1-19-8-10-21(11-9-19)24-30-22(17-32-24)16-28-25(27-3)29-18-26(12-14-31-15-13-26)23-7-5-4-6-20(23)2;/h4-11,17H,12-16,18H2,1-3H3,(H2,27,28,29);1H. The lowest BCUT2D eigenvalue weighted by molar-refractivity contribution is 0.0512. The molecule has 0 amide bonds. The molecular weight excluding hydrogens is 527 g/mol. The van der Waals surface area contributed by atoms with Gasteiger partial charge >= 0.3 is 0 Å². The van der Waals surface area contributed by atoms with Crippen LogP contribution in [0.1, 0.15) is 35.2 Å². The third-order valence-electron chi connectivity index (χ3n) is 6.27. The maximum atomic E-state index is 5.68. The number of guanidine groups is 1. The van der Waals surface area contributed by atoms with E-state index in [-0.39, 0.29) is 29.4 Å². The number of nitrogens with zero attached hydrogens (tertiary/aromatic N) is 2. The Labute approximate surface area is 213 Å². The van der Waals surface area contributed by atoms with Gasteiger partial charge < -0.3 is 19.8 Å². The smallest absolute Gasteiger partial charge is 0.226 e. The van der Waals surface area contributed by atoms with Gasteiger partial charge in [0, 0.05) is 37.8 Å². The Morgan fingerprint density at radius 2 is 1.76 bits per heavy atom. The Balaban J connectivity index is 0.00000306. The van der Waals surface area contributed by atoms with E-state index in [2.05, 4.69) is 70.9 Å². The van der Waals surface area contributed by atoms with Crippen LogP contribution in [-0.4, -0.2) is 37.7 Å². The first-order chi connectivity index (χ1) is 15.6. The number of oxazole rings is 1. The summed E-state index contributed by atoms with van der Waals surface area (Å²) in [5.41, 5.74) is 5.78. The normalized spacial score (nSPS) is 15.5. The summed E-state index contributed by atoms with van der Waals surface area (Å²) in [5.74, 6) is 1.38. The van der Waals surface area contributed by atoms with Crippen molar-refractivity contribution in [2.75, 3.05) is 26.8 Å². The van der Waals surface area contributed by atoms with Gasteiger partial charge in [-0.2, -0.15) is 0 Å². The van der Waals surface area contributed by atoms with Crippen LogP contribution in [0.2, 0.25) is 0 Å². The number of halogens is 1. The summed E-state index contributed by atoms with van der Waals surface area (Å²) in [7, 11) is 1.79. The summed E-state index contributed by atoms with van der Waals surface area (Å²) in [6.07, 6.45) is 3.68. The minimum atomic E-state index is 0. The highest BCUT2D eigenvalue weighted by Gasteiger charge is 2.35. The van der Waals surface area contributed by atoms with Crippen LogP contribution in [0.3, 0.4) is 0 Å². The zero-order valence-corrected chi connectivity index (χ0v) is 21.9. The van der Waals surface area contributed by atoms with E-state index < -0.39 is 0 Å². The van der Waals surface area contributed by atoms with Crippen LogP contribution >= 0.6 is 24.0 Å². The van der Waals surface area contributed by atoms with E-state index >= 15 is 0 Å². The fourth-order valence-corrected chi connectivity index (χ4v) is 4.34.